The van der Waals surface area contributed by atoms with Gasteiger partial charge in [0.2, 0.25) is 0 Å². The lowest BCUT2D eigenvalue weighted by molar-refractivity contribution is 0.00610. The van der Waals surface area contributed by atoms with Gasteiger partial charge in [0.25, 0.3) is 0 Å². The second-order valence-corrected chi connectivity index (χ2v) is 6.26. The average Bonchev–Trinajstić information content (AvgIpc) is 2.30. The second kappa shape index (κ2) is 10.9. The molecule has 0 aromatic rings. The van der Waals surface area contributed by atoms with Crippen LogP contribution in [0.5, 0.6) is 0 Å². The highest BCUT2D eigenvalue weighted by Gasteiger charge is 2.48. The van der Waals surface area contributed by atoms with Gasteiger partial charge < -0.3 is 17.7 Å². The molecule has 0 unspecified atom stereocenters. The van der Waals surface area contributed by atoms with Crippen molar-refractivity contribution in [3.63, 3.8) is 0 Å². The van der Waals surface area contributed by atoms with Crippen molar-refractivity contribution in [2.24, 2.45) is 0 Å². The molecular formula is C12H26O4SSi. The molecule has 0 bridgehead atoms. The molecule has 0 aliphatic heterocycles. The highest BCUT2D eigenvalue weighted by Crippen LogP contribution is 2.15. The molecule has 0 aliphatic carbocycles. The Morgan fingerprint density at radius 3 is 1.78 bits per heavy atom. The predicted molar refractivity (Wildman–Crippen MR) is 78.5 cm³/mol. The van der Waals surface area contributed by atoms with Crippen LogP contribution in [-0.4, -0.2) is 33.9 Å². The van der Waals surface area contributed by atoms with Crippen LogP contribution in [0.3, 0.4) is 0 Å². The van der Waals surface area contributed by atoms with E-state index in [2.05, 4.69) is 6.92 Å². The maximum atomic E-state index is 5.71. The maximum Gasteiger partial charge on any atom is 0.750 e. The summed E-state index contributed by atoms with van der Waals surface area (Å²) in [6.07, 6.45) is 4.10. The average molecular weight is 294 g/mol. The van der Waals surface area contributed by atoms with Gasteiger partial charge in [0.05, 0.1) is 0 Å². The van der Waals surface area contributed by atoms with Gasteiger partial charge in [-0.15, -0.1) is 0 Å². The van der Waals surface area contributed by atoms with E-state index in [9.17, 15) is 0 Å². The molecule has 0 fully saturated rings. The van der Waals surface area contributed by atoms with Crippen LogP contribution in [-0.2, 0) is 17.7 Å². The van der Waals surface area contributed by atoms with Crippen LogP contribution >= 0.6 is 12.2 Å². The fraction of sp³-hybridized carbons (Fsp3) is 0.917. The van der Waals surface area contributed by atoms with E-state index in [1.165, 1.54) is 0 Å². The number of thiocarbonyl (C=S) groups is 1. The van der Waals surface area contributed by atoms with Gasteiger partial charge in [-0.1, -0.05) is 19.8 Å². The van der Waals surface area contributed by atoms with Gasteiger partial charge in [0.1, 0.15) is 0 Å². The summed E-state index contributed by atoms with van der Waals surface area (Å²) in [4.78, 5) is 0. The normalized spacial score (nSPS) is 11.6. The molecule has 4 nitrogen and oxygen atoms in total. The minimum atomic E-state index is -3.06. The zero-order valence-corrected chi connectivity index (χ0v) is 13.8. The topological polar surface area (TPSA) is 36.9 Å². The van der Waals surface area contributed by atoms with Gasteiger partial charge >= 0.3 is 9.05 Å². The Hall–Kier alpha value is -0.0131. The molecule has 0 amide bonds. The van der Waals surface area contributed by atoms with E-state index in [1.54, 1.807) is 0 Å². The first-order valence-corrected chi connectivity index (χ1v) is 8.81. The van der Waals surface area contributed by atoms with E-state index in [0.29, 0.717) is 24.9 Å². The van der Waals surface area contributed by atoms with Crippen LogP contribution in [0.2, 0.25) is 0 Å². The SMILES string of the molecule is CCCCCC(=S)O[Si](OCC)(OCC)OCC. The molecule has 0 saturated carbocycles. The molecule has 0 N–H and O–H groups in total. The Balaban J connectivity index is 4.39. The van der Waals surface area contributed by atoms with Crippen molar-refractivity contribution < 1.29 is 17.7 Å². The van der Waals surface area contributed by atoms with Crippen molar-refractivity contribution >= 4 is 26.3 Å². The molecular weight excluding hydrogens is 268 g/mol. The number of unbranched alkanes of at least 4 members (excludes halogenated alkanes) is 2. The molecule has 0 heterocycles. The largest absolute Gasteiger partial charge is 0.750 e. The summed E-state index contributed by atoms with van der Waals surface area (Å²) >= 11 is 5.23. The Kier molecular flexibility index (Phi) is 10.9. The first-order chi connectivity index (χ1) is 8.64. The molecule has 0 spiro atoms. The van der Waals surface area contributed by atoms with Crippen LogP contribution in [0.25, 0.3) is 0 Å². The Morgan fingerprint density at radius 2 is 1.39 bits per heavy atom. The fourth-order valence-corrected chi connectivity index (χ4v) is 3.77. The third kappa shape index (κ3) is 7.43. The molecule has 0 aromatic carbocycles. The summed E-state index contributed by atoms with van der Waals surface area (Å²) in [5.41, 5.74) is 0. The van der Waals surface area contributed by atoms with Crippen molar-refractivity contribution in [2.75, 3.05) is 19.8 Å². The van der Waals surface area contributed by atoms with E-state index >= 15 is 0 Å². The lowest BCUT2D eigenvalue weighted by atomic mass is 10.2. The molecule has 0 saturated heterocycles. The van der Waals surface area contributed by atoms with Gasteiger partial charge in [-0.2, -0.15) is 0 Å². The highest BCUT2D eigenvalue weighted by atomic mass is 32.1. The van der Waals surface area contributed by atoms with Gasteiger partial charge in [-0.05, 0) is 39.4 Å². The first-order valence-electron chi connectivity index (χ1n) is 6.77. The lowest BCUT2D eigenvalue weighted by Gasteiger charge is -2.27. The van der Waals surface area contributed by atoms with Crippen LogP contribution in [0, 0.1) is 0 Å². The van der Waals surface area contributed by atoms with E-state index in [0.717, 1.165) is 25.7 Å². The number of hydrogen-bond donors (Lipinski definition) is 0. The fourth-order valence-electron chi connectivity index (χ4n) is 1.45. The molecule has 18 heavy (non-hydrogen) atoms. The predicted octanol–water partition coefficient (Wildman–Crippen LogP) is 3.46. The van der Waals surface area contributed by atoms with Crippen molar-refractivity contribution in [1.29, 1.82) is 0 Å². The van der Waals surface area contributed by atoms with Crippen LogP contribution in [0.15, 0.2) is 0 Å². The summed E-state index contributed by atoms with van der Waals surface area (Å²) in [6, 6.07) is 0. The standard InChI is InChI=1S/C12H26O4SSi/c1-5-9-10-11-12(17)16-18(13-6-2,14-7-3)15-8-4/h5-11H2,1-4H3. The molecule has 0 rings (SSSR count). The summed E-state index contributed by atoms with van der Waals surface area (Å²) in [5.74, 6) is 0. The maximum absolute atomic E-state index is 5.71. The minimum absolute atomic E-state index is 0.490. The van der Waals surface area contributed by atoms with Gasteiger partial charge in [0.15, 0.2) is 5.05 Å². The molecule has 108 valence electrons. The lowest BCUT2D eigenvalue weighted by Crippen LogP contribution is -2.50. The smallest absolute Gasteiger partial charge is 0.474 e. The van der Waals surface area contributed by atoms with E-state index < -0.39 is 9.05 Å². The van der Waals surface area contributed by atoms with E-state index in [4.69, 9.17) is 29.9 Å². The highest BCUT2D eigenvalue weighted by molar-refractivity contribution is 7.80. The molecule has 0 radical (unpaired) electrons. The van der Waals surface area contributed by atoms with Crippen molar-refractivity contribution in [3.8, 4) is 0 Å². The number of hydrogen-bond acceptors (Lipinski definition) is 5. The zero-order chi connectivity index (χ0) is 13.9. The molecule has 0 aromatic heterocycles. The molecule has 0 atom stereocenters. The summed E-state index contributed by atoms with van der Waals surface area (Å²) in [5, 5.41) is 0.533. The quantitative estimate of drug-likeness (QED) is 0.331. The van der Waals surface area contributed by atoms with Gasteiger partial charge in [0, 0.05) is 26.2 Å². The summed E-state index contributed by atoms with van der Waals surface area (Å²) in [6.45, 7) is 9.30. The van der Waals surface area contributed by atoms with E-state index in [1.807, 2.05) is 20.8 Å². The van der Waals surface area contributed by atoms with Gasteiger partial charge in [-0.3, -0.25) is 0 Å². The summed E-state index contributed by atoms with van der Waals surface area (Å²) < 4.78 is 22.4. The van der Waals surface area contributed by atoms with Crippen molar-refractivity contribution in [1.82, 2.24) is 0 Å². The number of rotatable bonds is 11. The van der Waals surface area contributed by atoms with Crippen molar-refractivity contribution in [2.45, 2.75) is 53.4 Å². The zero-order valence-electron chi connectivity index (χ0n) is 12.0. The molecule has 0 aliphatic rings. The minimum Gasteiger partial charge on any atom is -0.474 e. The van der Waals surface area contributed by atoms with Crippen molar-refractivity contribution in [3.05, 3.63) is 0 Å². The third-order valence-corrected chi connectivity index (χ3v) is 5.05. The summed E-state index contributed by atoms with van der Waals surface area (Å²) in [7, 11) is -3.06. The van der Waals surface area contributed by atoms with Crippen LogP contribution < -0.4 is 0 Å². The van der Waals surface area contributed by atoms with Gasteiger partial charge in [-0.25, -0.2) is 0 Å². The Bertz CT molecular complexity index is 209. The first kappa shape index (κ1) is 18.0. The Labute approximate surface area is 117 Å². The second-order valence-electron chi connectivity index (χ2n) is 3.73. The Morgan fingerprint density at radius 1 is 0.889 bits per heavy atom. The van der Waals surface area contributed by atoms with Crippen LogP contribution in [0.4, 0.5) is 0 Å². The monoisotopic (exact) mass is 294 g/mol. The molecule has 6 heteroatoms. The third-order valence-electron chi connectivity index (χ3n) is 2.19. The van der Waals surface area contributed by atoms with Crippen LogP contribution in [0.1, 0.15) is 53.4 Å². The van der Waals surface area contributed by atoms with E-state index in [-0.39, 0.29) is 0 Å².